The first kappa shape index (κ1) is 17.2. The van der Waals surface area contributed by atoms with Crippen molar-refractivity contribution in [2.75, 3.05) is 30.0 Å². The first-order chi connectivity index (χ1) is 11.3. The van der Waals surface area contributed by atoms with E-state index < -0.39 is 15.8 Å². The summed E-state index contributed by atoms with van der Waals surface area (Å²) in [6.07, 6.45) is 0.609. The molecule has 6 nitrogen and oxygen atoms in total. The van der Waals surface area contributed by atoms with Crippen molar-refractivity contribution < 1.29 is 18.0 Å². The van der Waals surface area contributed by atoms with Crippen LogP contribution in [-0.4, -0.2) is 56.3 Å². The van der Waals surface area contributed by atoms with E-state index in [1.54, 1.807) is 36.2 Å². The van der Waals surface area contributed by atoms with Crippen molar-refractivity contribution in [3.63, 3.8) is 0 Å². The molecule has 3 rings (SSSR count). The van der Waals surface area contributed by atoms with Crippen LogP contribution in [0, 0.1) is 5.92 Å². The molecular weight excluding hydrogens is 352 g/mol. The molecule has 24 heavy (non-hydrogen) atoms. The number of rotatable bonds is 3. The van der Waals surface area contributed by atoms with Crippen molar-refractivity contribution in [3.05, 3.63) is 29.3 Å². The highest BCUT2D eigenvalue weighted by atomic mass is 35.5. The summed E-state index contributed by atoms with van der Waals surface area (Å²) in [5.41, 5.74) is 0.714. The van der Waals surface area contributed by atoms with Gasteiger partial charge in [0.1, 0.15) is 0 Å². The lowest BCUT2D eigenvalue weighted by Crippen LogP contribution is -2.42. The van der Waals surface area contributed by atoms with E-state index in [4.69, 9.17) is 11.6 Å². The van der Waals surface area contributed by atoms with Crippen LogP contribution in [0.25, 0.3) is 0 Å². The van der Waals surface area contributed by atoms with Crippen LogP contribution >= 0.6 is 11.6 Å². The number of benzene rings is 1. The predicted octanol–water partition coefficient (Wildman–Crippen LogP) is 1.34. The number of carbonyl (C=O) groups excluding carboxylic acids is 2. The maximum absolute atomic E-state index is 12.7. The van der Waals surface area contributed by atoms with Gasteiger partial charge in [-0.15, -0.1) is 0 Å². The summed E-state index contributed by atoms with van der Waals surface area (Å²) in [4.78, 5) is 28.0. The highest BCUT2D eigenvalue weighted by molar-refractivity contribution is 7.91. The van der Waals surface area contributed by atoms with Gasteiger partial charge >= 0.3 is 0 Å². The molecule has 2 aliphatic rings. The minimum absolute atomic E-state index is 0.0107. The van der Waals surface area contributed by atoms with Crippen LogP contribution in [0.15, 0.2) is 24.3 Å². The number of nitrogens with zero attached hydrogens (tertiary/aromatic N) is 2. The molecule has 0 saturated carbocycles. The van der Waals surface area contributed by atoms with Gasteiger partial charge in [0.2, 0.25) is 11.8 Å². The molecule has 130 valence electrons. The highest BCUT2D eigenvalue weighted by Crippen LogP contribution is 2.28. The second kappa shape index (κ2) is 6.37. The van der Waals surface area contributed by atoms with E-state index in [2.05, 4.69) is 0 Å². The third-order valence-electron chi connectivity index (χ3n) is 4.72. The fourth-order valence-corrected chi connectivity index (χ4v) is 5.19. The molecule has 0 spiro atoms. The van der Waals surface area contributed by atoms with Crippen LogP contribution in [-0.2, 0) is 19.4 Å². The maximum Gasteiger partial charge on any atom is 0.228 e. The molecule has 2 heterocycles. The van der Waals surface area contributed by atoms with Crippen molar-refractivity contribution in [3.8, 4) is 0 Å². The molecule has 2 aliphatic heterocycles. The molecule has 2 atom stereocenters. The Kier molecular flexibility index (Phi) is 4.57. The van der Waals surface area contributed by atoms with Crippen LogP contribution in [0.3, 0.4) is 0 Å². The van der Waals surface area contributed by atoms with Gasteiger partial charge in [-0.3, -0.25) is 9.59 Å². The summed E-state index contributed by atoms with van der Waals surface area (Å²) in [6.45, 7) is 0.309. The zero-order chi connectivity index (χ0) is 17.5. The summed E-state index contributed by atoms with van der Waals surface area (Å²) >= 11 is 5.86. The molecule has 1 aromatic rings. The van der Waals surface area contributed by atoms with Crippen molar-refractivity contribution in [2.45, 2.75) is 18.9 Å². The van der Waals surface area contributed by atoms with E-state index in [0.717, 1.165) is 0 Å². The maximum atomic E-state index is 12.7. The van der Waals surface area contributed by atoms with Crippen LogP contribution < -0.4 is 4.90 Å². The fourth-order valence-electron chi connectivity index (χ4n) is 3.29. The van der Waals surface area contributed by atoms with Gasteiger partial charge in [0, 0.05) is 36.8 Å². The molecule has 2 amide bonds. The Morgan fingerprint density at radius 1 is 1.29 bits per heavy atom. The van der Waals surface area contributed by atoms with Crippen LogP contribution in [0.4, 0.5) is 5.69 Å². The van der Waals surface area contributed by atoms with Gasteiger partial charge in [-0.05, 0) is 30.7 Å². The van der Waals surface area contributed by atoms with Crippen molar-refractivity contribution in [2.24, 2.45) is 5.92 Å². The minimum Gasteiger partial charge on any atom is -0.341 e. The summed E-state index contributed by atoms with van der Waals surface area (Å²) in [6, 6.07) is 6.62. The second-order valence-electron chi connectivity index (χ2n) is 6.39. The van der Waals surface area contributed by atoms with E-state index in [-0.39, 0.29) is 35.8 Å². The number of sulfone groups is 1. The molecule has 0 radical (unpaired) electrons. The lowest BCUT2D eigenvalue weighted by atomic mass is 10.1. The van der Waals surface area contributed by atoms with Crippen molar-refractivity contribution in [1.82, 2.24) is 4.90 Å². The monoisotopic (exact) mass is 370 g/mol. The number of hydrogen-bond donors (Lipinski definition) is 0. The van der Waals surface area contributed by atoms with Crippen LogP contribution in [0.2, 0.25) is 5.02 Å². The van der Waals surface area contributed by atoms with Gasteiger partial charge in [-0.2, -0.15) is 0 Å². The van der Waals surface area contributed by atoms with Gasteiger partial charge < -0.3 is 9.80 Å². The average Bonchev–Trinajstić information content (AvgIpc) is 3.09. The number of halogens is 1. The predicted molar refractivity (Wildman–Crippen MR) is 91.7 cm³/mol. The SMILES string of the molecule is CN(C(=O)C1CC(=O)N(c2ccc(Cl)cc2)C1)C1CCS(=O)(=O)C1. The molecule has 2 unspecified atom stereocenters. The molecule has 0 N–H and O–H groups in total. The number of carbonyl (C=O) groups is 2. The van der Waals surface area contributed by atoms with E-state index in [9.17, 15) is 18.0 Å². The first-order valence-electron chi connectivity index (χ1n) is 7.80. The summed E-state index contributed by atoms with van der Waals surface area (Å²) < 4.78 is 23.2. The summed E-state index contributed by atoms with van der Waals surface area (Å²) in [5.74, 6) is -0.585. The van der Waals surface area contributed by atoms with Crippen LogP contribution in [0.5, 0.6) is 0 Å². The van der Waals surface area contributed by atoms with Crippen molar-refractivity contribution >= 4 is 38.9 Å². The molecule has 0 aliphatic carbocycles. The minimum atomic E-state index is -3.05. The standard InChI is InChI=1S/C16H19ClN2O4S/c1-18(14-6-7-24(22,23)10-14)16(21)11-8-15(20)19(9-11)13-4-2-12(17)3-5-13/h2-5,11,14H,6-10H2,1H3. The third-order valence-corrected chi connectivity index (χ3v) is 6.72. The summed E-state index contributed by atoms with van der Waals surface area (Å²) in [7, 11) is -1.42. The molecule has 1 aromatic carbocycles. The topological polar surface area (TPSA) is 74.8 Å². The number of anilines is 1. The molecular formula is C16H19ClN2O4S. The zero-order valence-corrected chi connectivity index (χ0v) is 14.9. The Labute approximate surface area is 146 Å². The quantitative estimate of drug-likeness (QED) is 0.804. The normalized spacial score (nSPS) is 25.9. The van der Waals surface area contributed by atoms with Gasteiger partial charge in [-0.25, -0.2) is 8.42 Å². The lowest BCUT2D eigenvalue weighted by Gasteiger charge is -2.26. The molecule has 0 bridgehead atoms. The van der Waals surface area contributed by atoms with Gasteiger partial charge in [0.25, 0.3) is 0 Å². The Bertz CT molecular complexity index is 763. The van der Waals surface area contributed by atoms with E-state index in [0.29, 0.717) is 23.7 Å². The molecule has 2 fully saturated rings. The Morgan fingerprint density at radius 3 is 2.54 bits per heavy atom. The molecule has 2 saturated heterocycles. The highest BCUT2D eigenvalue weighted by Gasteiger charge is 2.40. The Morgan fingerprint density at radius 2 is 1.96 bits per heavy atom. The largest absolute Gasteiger partial charge is 0.341 e. The Hall–Kier alpha value is -1.60. The third kappa shape index (κ3) is 3.42. The van der Waals surface area contributed by atoms with E-state index in [1.807, 2.05) is 0 Å². The Balaban J connectivity index is 1.69. The van der Waals surface area contributed by atoms with Gasteiger partial charge in [-0.1, -0.05) is 11.6 Å². The molecule has 0 aromatic heterocycles. The molecule has 8 heteroatoms. The fraction of sp³-hybridized carbons (Fsp3) is 0.500. The van der Waals surface area contributed by atoms with Gasteiger partial charge in [0.05, 0.1) is 17.4 Å². The van der Waals surface area contributed by atoms with Gasteiger partial charge in [0.15, 0.2) is 9.84 Å². The zero-order valence-electron chi connectivity index (χ0n) is 13.3. The second-order valence-corrected chi connectivity index (χ2v) is 9.05. The van der Waals surface area contributed by atoms with E-state index in [1.165, 1.54) is 4.90 Å². The van der Waals surface area contributed by atoms with Crippen molar-refractivity contribution in [1.29, 1.82) is 0 Å². The van der Waals surface area contributed by atoms with E-state index >= 15 is 0 Å². The summed E-state index contributed by atoms with van der Waals surface area (Å²) in [5, 5.41) is 0.584. The first-order valence-corrected chi connectivity index (χ1v) is 10.00. The van der Waals surface area contributed by atoms with Crippen LogP contribution in [0.1, 0.15) is 12.8 Å². The number of hydrogen-bond acceptors (Lipinski definition) is 4. The lowest BCUT2D eigenvalue weighted by molar-refractivity contribution is -0.136. The number of amides is 2. The smallest absolute Gasteiger partial charge is 0.228 e. The average molecular weight is 371 g/mol.